The molecule has 21 heavy (non-hydrogen) atoms. The summed E-state index contributed by atoms with van der Waals surface area (Å²) in [6.45, 7) is 2.54. The van der Waals surface area contributed by atoms with Crippen molar-refractivity contribution in [2.45, 2.75) is 12.8 Å². The van der Waals surface area contributed by atoms with Gasteiger partial charge in [0.15, 0.2) is 0 Å². The minimum absolute atomic E-state index is 0.0833. The van der Waals surface area contributed by atoms with E-state index in [9.17, 15) is 10.1 Å². The fourth-order valence-electron chi connectivity index (χ4n) is 2.64. The molecule has 0 bridgehead atoms. The van der Waals surface area contributed by atoms with Gasteiger partial charge in [-0.25, -0.2) is 10.8 Å². The molecule has 2 heterocycles. The average Bonchev–Trinajstić information content (AvgIpc) is 2.46. The van der Waals surface area contributed by atoms with Crippen molar-refractivity contribution in [2.75, 3.05) is 44.1 Å². The summed E-state index contributed by atoms with van der Waals surface area (Å²) in [5.74, 6) is 6.42. The van der Waals surface area contributed by atoms with Crippen LogP contribution < -0.4 is 16.2 Å². The molecule has 1 fully saturated rings. The number of aromatic nitrogens is 2. The number of rotatable bonds is 5. The van der Waals surface area contributed by atoms with Gasteiger partial charge in [0.1, 0.15) is 6.20 Å². The Morgan fingerprint density at radius 3 is 2.71 bits per heavy atom. The molecular weight excluding hydrogens is 274 g/mol. The first kappa shape index (κ1) is 15.4. The molecule has 1 aliphatic heterocycles. The first-order chi connectivity index (χ1) is 10.0. The largest absolute Gasteiger partial charge is 0.351 e. The summed E-state index contributed by atoms with van der Waals surface area (Å²) >= 11 is 0. The number of nitrogens with one attached hydrogen (secondary N) is 1. The van der Waals surface area contributed by atoms with Crippen LogP contribution in [0.15, 0.2) is 6.20 Å². The Kier molecular flexibility index (Phi) is 4.86. The van der Waals surface area contributed by atoms with Crippen LogP contribution >= 0.6 is 0 Å². The first-order valence-corrected chi connectivity index (χ1v) is 6.89. The standard InChI is InChI=1S/C12H21N7O2/c1-17(2)8-9-3-5-18(6-4-9)11-10(19(20)21)7-14-12(15-11)16-13/h7,9H,3-6,8,13H2,1-2H3,(H,14,15,16). The van der Waals surface area contributed by atoms with Crippen LogP contribution in [0.1, 0.15) is 12.8 Å². The highest BCUT2D eigenvalue weighted by Crippen LogP contribution is 2.29. The molecule has 0 amide bonds. The number of nitrogen functional groups attached to an aromatic ring is 1. The van der Waals surface area contributed by atoms with Gasteiger partial charge in [-0.2, -0.15) is 4.98 Å². The van der Waals surface area contributed by atoms with Crippen molar-refractivity contribution in [3.8, 4) is 0 Å². The van der Waals surface area contributed by atoms with Crippen molar-refractivity contribution in [1.82, 2.24) is 14.9 Å². The van der Waals surface area contributed by atoms with Crippen LogP contribution in [-0.4, -0.2) is 53.5 Å². The van der Waals surface area contributed by atoms with Crippen molar-refractivity contribution in [3.63, 3.8) is 0 Å². The summed E-state index contributed by atoms with van der Waals surface area (Å²) in [5.41, 5.74) is 2.25. The predicted octanol–water partition coefficient (Wildman–Crippen LogP) is 0.448. The van der Waals surface area contributed by atoms with E-state index < -0.39 is 4.92 Å². The third-order valence-corrected chi connectivity index (χ3v) is 3.61. The SMILES string of the molecule is CN(C)CC1CCN(c2nc(NN)ncc2[N+](=O)[O-])CC1. The van der Waals surface area contributed by atoms with Crippen LogP contribution in [0.5, 0.6) is 0 Å². The molecule has 0 aromatic carbocycles. The molecule has 0 aliphatic carbocycles. The Morgan fingerprint density at radius 2 is 2.19 bits per heavy atom. The fraction of sp³-hybridized carbons (Fsp3) is 0.667. The van der Waals surface area contributed by atoms with Crippen molar-refractivity contribution < 1.29 is 4.92 Å². The maximum Gasteiger partial charge on any atom is 0.329 e. The Morgan fingerprint density at radius 1 is 1.52 bits per heavy atom. The molecule has 0 unspecified atom stereocenters. The van der Waals surface area contributed by atoms with E-state index in [2.05, 4.69) is 34.4 Å². The fourth-order valence-corrected chi connectivity index (χ4v) is 2.64. The smallest absolute Gasteiger partial charge is 0.329 e. The lowest BCUT2D eigenvalue weighted by molar-refractivity contribution is -0.384. The number of hydrazine groups is 1. The number of nitrogens with two attached hydrogens (primary N) is 1. The number of nitro groups is 1. The van der Waals surface area contributed by atoms with E-state index in [1.54, 1.807) is 0 Å². The maximum atomic E-state index is 11.1. The maximum absolute atomic E-state index is 11.1. The summed E-state index contributed by atoms with van der Waals surface area (Å²) in [4.78, 5) is 22.7. The average molecular weight is 295 g/mol. The van der Waals surface area contributed by atoms with E-state index in [0.717, 1.165) is 32.5 Å². The van der Waals surface area contributed by atoms with Gasteiger partial charge in [-0.3, -0.25) is 15.5 Å². The van der Waals surface area contributed by atoms with Crippen LogP contribution in [0.25, 0.3) is 0 Å². The van der Waals surface area contributed by atoms with Crippen molar-refractivity contribution in [2.24, 2.45) is 11.8 Å². The van der Waals surface area contributed by atoms with Gasteiger partial charge in [-0.05, 0) is 32.9 Å². The van der Waals surface area contributed by atoms with Crippen LogP contribution in [0.3, 0.4) is 0 Å². The highest BCUT2D eigenvalue weighted by atomic mass is 16.6. The quantitative estimate of drug-likeness (QED) is 0.457. The lowest BCUT2D eigenvalue weighted by Crippen LogP contribution is -2.38. The van der Waals surface area contributed by atoms with Crippen molar-refractivity contribution in [3.05, 3.63) is 16.3 Å². The summed E-state index contributed by atoms with van der Waals surface area (Å²) in [7, 11) is 4.11. The van der Waals surface area contributed by atoms with Gasteiger partial charge in [0, 0.05) is 19.6 Å². The molecule has 1 aliphatic rings. The Bertz CT molecular complexity index is 500. The Labute approximate surface area is 123 Å². The van der Waals surface area contributed by atoms with Gasteiger partial charge in [0.2, 0.25) is 11.8 Å². The monoisotopic (exact) mass is 295 g/mol. The molecule has 9 heteroatoms. The zero-order valence-corrected chi connectivity index (χ0v) is 12.3. The molecule has 0 atom stereocenters. The van der Waals surface area contributed by atoms with Gasteiger partial charge in [-0.1, -0.05) is 0 Å². The molecule has 2 rings (SSSR count). The second-order valence-corrected chi connectivity index (χ2v) is 5.50. The number of anilines is 2. The molecule has 0 spiro atoms. The lowest BCUT2D eigenvalue weighted by atomic mass is 9.96. The van der Waals surface area contributed by atoms with Gasteiger partial charge in [0.25, 0.3) is 0 Å². The van der Waals surface area contributed by atoms with Crippen molar-refractivity contribution in [1.29, 1.82) is 0 Å². The lowest BCUT2D eigenvalue weighted by Gasteiger charge is -2.33. The van der Waals surface area contributed by atoms with E-state index in [0.29, 0.717) is 11.7 Å². The number of hydrogen-bond acceptors (Lipinski definition) is 8. The molecule has 116 valence electrons. The highest BCUT2D eigenvalue weighted by Gasteiger charge is 2.27. The van der Waals surface area contributed by atoms with E-state index >= 15 is 0 Å². The molecule has 0 radical (unpaired) electrons. The first-order valence-electron chi connectivity index (χ1n) is 6.89. The zero-order valence-electron chi connectivity index (χ0n) is 12.3. The summed E-state index contributed by atoms with van der Waals surface area (Å²) in [6.07, 6.45) is 3.18. The van der Waals surface area contributed by atoms with Crippen LogP contribution in [-0.2, 0) is 0 Å². The van der Waals surface area contributed by atoms with E-state index in [-0.39, 0.29) is 11.6 Å². The Balaban J connectivity index is 2.13. The topological polar surface area (TPSA) is 113 Å². The molecule has 1 saturated heterocycles. The number of hydrogen-bond donors (Lipinski definition) is 2. The van der Waals surface area contributed by atoms with Crippen LogP contribution in [0.4, 0.5) is 17.5 Å². The third kappa shape index (κ3) is 3.76. The van der Waals surface area contributed by atoms with E-state index in [4.69, 9.17) is 5.84 Å². The van der Waals surface area contributed by atoms with Gasteiger partial charge in [0.05, 0.1) is 4.92 Å². The molecular formula is C12H21N7O2. The predicted molar refractivity (Wildman–Crippen MR) is 80.0 cm³/mol. The number of nitrogens with zero attached hydrogens (tertiary/aromatic N) is 5. The molecule has 0 saturated carbocycles. The second-order valence-electron chi connectivity index (χ2n) is 5.50. The minimum atomic E-state index is -0.457. The molecule has 1 aromatic heterocycles. The van der Waals surface area contributed by atoms with Gasteiger partial charge in [-0.15, -0.1) is 0 Å². The minimum Gasteiger partial charge on any atom is -0.351 e. The van der Waals surface area contributed by atoms with E-state index in [1.807, 2.05) is 4.90 Å². The molecule has 1 aromatic rings. The summed E-state index contributed by atoms with van der Waals surface area (Å²) < 4.78 is 0. The second kappa shape index (κ2) is 6.64. The number of piperidine rings is 1. The normalized spacial score (nSPS) is 16.3. The Hall–Kier alpha value is -2.00. The highest BCUT2D eigenvalue weighted by molar-refractivity contribution is 5.59. The zero-order chi connectivity index (χ0) is 15.4. The third-order valence-electron chi connectivity index (χ3n) is 3.61. The van der Waals surface area contributed by atoms with Gasteiger partial charge >= 0.3 is 5.69 Å². The van der Waals surface area contributed by atoms with E-state index in [1.165, 1.54) is 6.20 Å². The summed E-state index contributed by atoms with van der Waals surface area (Å²) in [5, 5.41) is 11.1. The summed E-state index contributed by atoms with van der Waals surface area (Å²) in [6, 6.07) is 0. The van der Waals surface area contributed by atoms with Crippen LogP contribution in [0.2, 0.25) is 0 Å². The van der Waals surface area contributed by atoms with Gasteiger partial charge < -0.3 is 9.80 Å². The van der Waals surface area contributed by atoms with Crippen molar-refractivity contribution >= 4 is 17.5 Å². The molecule has 9 nitrogen and oxygen atoms in total. The molecule has 3 N–H and O–H groups in total. The van der Waals surface area contributed by atoms with Crippen LogP contribution in [0, 0.1) is 16.0 Å².